The van der Waals surface area contributed by atoms with Crippen molar-refractivity contribution in [3.8, 4) is 0 Å². The number of aromatic nitrogens is 1. The highest BCUT2D eigenvalue weighted by Crippen LogP contribution is 2.30. The first-order valence-corrected chi connectivity index (χ1v) is 8.39. The van der Waals surface area contributed by atoms with Crippen molar-refractivity contribution in [2.45, 2.75) is 53.6 Å². The molecule has 0 saturated carbocycles. The van der Waals surface area contributed by atoms with Gasteiger partial charge in [0.25, 0.3) is 0 Å². The third-order valence-electron chi connectivity index (χ3n) is 4.58. The summed E-state index contributed by atoms with van der Waals surface area (Å²) in [5, 5.41) is 3.51. The molecule has 3 nitrogen and oxygen atoms in total. The Hall–Kier alpha value is -1.09. The Labute approximate surface area is 130 Å². The van der Waals surface area contributed by atoms with E-state index in [0.717, 1.165) is 37.3 Å². The van der Waals surface area contributed by atoms with E-state index in [-0.39, 0.29) is 0 Å². The molecule has 2 rings (SSSR count). The van der Waals surface area contributed by atoms with Crippen molar-refractivity contribution in [2.75, 3.05) is 18.0 Å². The lowest BCUT2D eigenvalue weighted by molar-refractivity contribution is 0.295. The smallest absolute Gasteiger partial charge is 0.129 e. The van der Waals surface area contributed by atoms with Crippen LogP contribution in [-0.4, -0.2) is 24.1 Å². The first-order chi connectivity index (χ1) is 9.97. The molecule has 3 heteroatoms. The predicted molar refractivity (Wildman–Crippen MR) is 90.5 cm³/mol. The zero-order chi connectivity index (χ0) is 15.4. The van der Waals surface area contributed by atoms with Gasteiger partial charge in [0.1, 0.15) is 5.82 Å². The Balaban J connectivity index is 2.05. The maximum absolute atomic E-state index is 4.62. The van der Waals surface area contributed by atoms with Gasteiger partial charge in [-0.25, -0.2) is 4.98 Å². The van der Waals surface area contributed by atoms with Crippen LogP contribution >= 0.6 is 0 Å². The molecule has 0 aromatic carbocycles. The third-order valence-corrected chi connectivity index (χ3v) is 4.58. The van der Waals surface area contributed by atoms with Gasteiger partial charge >= 0.3 is 0 Å². The molecule has 0 spiro atoms. The highest BCUT2D eigenvalue weighted by Gasteiger charge is 2.29. The minimum absolute atomic E-state index is 0.576. The molecule has 1 aliphatic heterocycles. The topological polar surface area (TPSA) is 28.2 Å². The molecule has 118 valence electrons. The largest absolute Gasteiger partial charge is 0.353 e. The van der Waals surface area contributed by atoms with Crippen molar-refractivity contribution in [2.24, 2.45) is 17.8 Å². The van der Waals surface area contributed by atoms with E-state index in [4.69, 9.17) is 0 Å². The van der Waals surface area contributed by atoms with Gasteiger partial charge in [0.05, 0.1) is 0 Å². The molecule has 1 N–H and O–H groups in total. The van der Waals surface area contributed by atoms with Crippen molar-refractivity contribution in [3.05, 3.63) is 23.9 Å². The molecule has 2 heterocycles. The highest BCUT2D eigenvalue weighted by molar-refractivity contribution is 5.43. The maximum Gasteiger partial charge on any atom is 0.129 e. The number of nitrogens with one attached hydrogen (secondary N) is 1. The van der Waals surface area contributed by atoms with E-state index in [0.29, 0.717) is 12.0 Å². The van der Waals surface area contributed by atoms with Crippen molar-refractivity contribution < 1.29 is 0 Å². The standard InChI is InChI=1S/C18H31N3/c1-13(2)10-19-11-17-6-7-20-18(9-17)21-12-14(3)8-15(4)16(21)5/h6-7,9,13-16,19H,8,10-12H2,1-5H3. The monoisotopic (exact) mass is 289 g/mol. The van der Waals surface area contributed by atoms with E-state index < -0.39 is 0 Å². The lowest BCUT2D eigenvalue weighted by atomic mass is 9.86. The lowest BCUT2D eigenvalue weighted by Crippen LogP contribution is -2.46. The number of piperidine rings is 1. The van der Waals surface area contributed by atoms with Crippen LogP contribution in [0.1, 0.15) is 46.6 Å². The van der Waals surface area contributed by atoms with Crippen LogP contribution < -0.4 is 10.2 Å². The van der Waals surface area contributed by atoms with Gasteiger partial charge < -0.3 is 10.2 Å². The van der Waals surface area contributed by atoms with Gasteiger partial charge in [-0.15, -0.1) is 0 Å². The number of hydrogen-bond donors (Lipinski definition) is 1. The molecular weight excluding hydrogens is 258 g/mol. The zero-order valence-corrected chi connectivity index (χ0v) is 14.3. The second kappa shape index (κ2) is 7.26. The molecule has 3 atom stereocenters. The number of pyridine rings is 1. The summed E-state index contributed by atoms with van der Waals surface area (Å²) in [6, 6.07) is 4.96. The summed E-state index contributed by atoms with van der Waals surface area (Å²) in [5.74, 6) is 3.32. The summed E-state index contributed by atoms with van der Waals surface area (Å²) in [6.45, 7) is 14.6. The molecule has 1 saturated heterocycles. The molecule has 0 amide bonds. The molecule has 1 fully saturated rings. The lowest BCUT2D eigenvalue weighted by Gasteiger charge is -2.42. The Kier molecular flexibility index (Phi) is 5.63. The molecule has 0 bridgehead atoms. The SMILES string of the molecule is CC(C)CNCc1ccnc(N2CC(C)CC(C)C2C)c1. The Morgan fingerprint density at radius 3 is 2.81 bits per heavy atom. The molecule has 1 aliphatic rings. The van der Waals surface area contributed by atoms with E-state index in [1.165, 1.54) is 12.0 Å². The summed E-state index contributed by atoms with van der Waals surface area (Å²) in [5.41, 5.74) is 1.33. The fraction of sp³-hybridized carbons (Fsp3) is 0.722. The van der Waals surface area contributed by atoms with Crippen molar-refractivity contribution >= 4 is 5.82 Å². The van der Waals surface area contributed by atoms with E-state index in [9.17, 15) is 0 Å². The average Bonchev–Trinajstić information content (AvgIpc) is 2.43. The second-order valence-corrected chi connectivity index (χ2v) is 7.26. The van der Waals surface area contributed by atoms with Crippen molar-refractivity contribution in [1.29, 1.82) is 0 Å². The van der Waals surface area contributed by atoms with E-state index in [1.54, 1.807) is 0 Å². The van der Waals surface area contributed by atoms with Crippen LogP contribution in [0.25, 0.3) is 0 Å². The normalized spacial score (nSPS) is 26.4. The highest BCUT2D eigenvalue weighted by atomic mass is 15.2. The van der Waals surface area contributed by atoms with Crippen LogP contribution in [-0.2, 0) is 6.54 Å². The molecule has 0 radical (unpaired) electrons. The average molecular weight is 289 g/mol. The molecule has 1 aromatic rings. The molecular formula is C18H31N3. The van der Waals surface area contributed by atoms with Crippen LogP contribution in [0.2, 0.25) is 0 Å². The van der Waals surface area contributed by atoms with Crippen LogP contribution in [0, 0.1) is 17.8 Å². The molecule has 21 heavy (non-hydrogen) atoms. The third kappa shape index (κ3) is 4.44. The van der Waals surface area contributed by atoms with E-state index >= 15 is 0 Å². The Bertz CT molecular complexity index is 444. The first-order valence-electron chi connectivity index (χ1n) is 8.39. The summed E-state index contributed by atoms with van der Waals surface area (Å²) in [7, 11) is 0. The molecule has 3 unspecified atom stereocenters. The minimum atomic E-state index is 0.576. The van der Waals surface area contributed by atoms with Gasteiger partial charge in [-0.05, 0) is 55.3 Å². The Morgan fingerprint density at radius 1 is 1.33 bits per heavy atom. The van der Waals surface area contributed by atoms with Crippen molar-refractivity contribution in [1.82, 2.24) is 10.3 Å². The van der Waals surface area contributed by atoms with Crippen LogP contribution in [0.3, 0.4) is 0 Å². The van der Waals surface area contributed by atoms with Gasteiger partial charge in [0.15, 0.2) is 0 Å². The zero-order valence-electron chi connectivity index (χ0n) is 14.3. The van der Waals surface area contributed by atoms with Crippen LogP contribution in [0.4, 0.5) is 5.82 Å². The summed E-state index contributed by atoms with van der Waals surface area (Å²) in [4.78, 5) is 7.11. The number of anilines is 1. The summed E-state index contributed by atoms with van der Waals surface area (Å²) in [6.07, 6.45) is 3.28. The quantitative estimate of drug-likeness (QED) is 0.896. The maximum atomic E-state index is 4.62. The van der Waals surface area contributed by atoms with Gasteiger partial charge in [-0.3, -0.25) is 0 Å². The van der Waals surface area contributed by atoms with Gasteiger partial charge in [-0.2, -0.15) is 0 Å². The van der Waals surface area contributed by atoms with Crippen LogP contribution in [0.15, 0.2) is 18.3 Å². The van der Waals surface area contributed by atoms with Crippen LogP contribution in [0.5, 0.6) is 0 Å². The second-order valence-electron chi connectivity index (χ2n) is 7.26. The number of hydrogen-bond acceptors (Lipinski definition) is 3. The summed E-state index contributed by atoms with van der Waals surface area (Å²) >= 11 is 0. The minimum Gasteiger partial charge on any atom is -0.353 e. The number of rotatable bonds is 5. The summed E-state index contributed by atoms with van der Waals surface area (Å²) < 4.78 is 0. The van der Waals surface area contributed by atoms with Gasteiger partial charge in [-0.1, -0.05) is 27.7 Å². The fourth-order valence-electron chi connectivity index (χ4n) is 3.25. The first kappa shape index (κ1) is 16.3. The van der Waals surface area contributed by atoms with E-state index in [1.807, 2.05) is 6.20 Å². The molecule has 1 aromatic heterocycles. The van der Waals surface area contributed by atoms with Gasteiger partial charge in [0, 0.05) is 25.3 Å². The number of nitrogens with zero attached hydrogens (tertiary/aromatic N) is 2. The Morgan fingerprint density at radius 2 is 2.10 bits per heavy atom. The van der Waals surface area contributed by atoms with Gasteiger partial charge in [0.2, 0.25) is 0 Å². The molecule has 0 aliphatic carbocycles. The predicted octanol–water partition coefficient (Wildman–Crippen LogP) is 3.70. The van der Waals surface area contributed by atoms with Crippen molar-refractivity contribution in [3.63, 3.8) is 0 Å². The van der Waals surface area contributed by atoms with E-state index in [2.05, 4.69) is 62.0 Å². The fourth-order valence-corrected chi connectivity index (χ4v) is 3.25.